The van der Waals surface area contributed by atoms with E-state index in [1.165, 1.54) is 31.4 Å². The Balaban J connectivity index is 2.48. The minimum Gasteiger partial charge on any atom is -0.493 e. The van der Waals surface area contributed by atoms with Crippen LogP contribution in [-0.2, 0) is 6.54 Å². The summed E-state index contributed by atoms with van der Waals surface area (Å²) < 4.78 is 7.61. The van der Waals surface area contributed by atoms with E-state index in [4.69, 9.17) is 4.74 Å². The van der Waals surface area contributed by atoms with Crippen LogP contribution in [0.25, 0.3) is 0 Å². The van der Waals surface area contributed by atoms with Crippen LogP contribution in [0.15, 0.2) is 6.20 Å². The smallest absolute Gasteiger partial charge is 0.161 e. The van der Waals surface area contributed by atoms with Gasteiger partial charge in [-0.3, -0.25) is 4.68 Å². The van der Waals surface area contributed by atoms with Crippen LogP contribution in [0, 0.1) is 0 Å². The summed E-state index contributed by atoms with van der Waals surface area (Å²) in [6, 6.07) is 0.234. The first-order valence-corrected chi connectivity index (χ1v) is 7.55. The fourth-order valence-corrected chi connectivity index (χ4v) is 3.72. The average molecular weight is 280 g/mol. The van der Waals surface area contributed by atoms with Crippen molar-refractivity contribution in [2.24, 2.45) is 0 Å². The third-order valence-corrected chi connectivity index (χ3v) is 4.82. The molecule has 2 rings (SSSR count). The lowest BCUT2D eigenvalue weighted by Gasteiger charge is -2.43. The van der Waals surface area contributed by atoms with Crippen molar-refractivity contribution in [1.29, 1.82) is 0 Å². The van der Waals surface area contributed by atoms with Gasteiger partial charge in [-0.2, -0.15) is 5.10 Å². The monoisotopic (exact) mass is 280 g/mol. The molecule has 1 aliphatic rings. The lowest BCUT2D eigenvalue weighted by Crippen LogP contribution is -2.51. The Morgan fingerprint density at radius 3 is 2.55 bits per heavy atom. The Hall–Kier alpha value is -1.07. The molecule has 5 nitrogen and oxygen atoms in total. The van der Waals surface area contributed by atoms with Crippen LogP contribution >= 0.6 is 0 Å². The number of nitrogens with one attached hydrogen (secondary N) is 1. The highest BCUT2D eigenvalue weighted by molar-refractivity contribution is 5.32. The van der Waals surface area contributed by atoms with E-state index in [-0.39, 0.29) is 11.6 Å². The van der Waals surface area contributed by atoms with E-state index in [1.54, 1.807) is 7.11 Å². The summed E-state index contributed by atoms with van der Waals surface area (Å²) >= 11 is 0. The van der Waals surface area contributed by atoms with Crippen molar-refractivity contribution in [2.75, 3.05) is 28.3 Å². The van der Waals surface area contributed by atoms with Crippen LogP contribution in [0.2, 0.25) is 0 Å². The van der Waals surface area contributed by atoms with E-state index in [0.29, 0.717) is 0 Å². The van der Waals surface area contributed by atoms with Gasteiger partial charge in [0.25, 0.3) is 0 Å². The summed E-state index contributed by atoms with van der Waals surface area (Å²) in [5.74, 6) is 0.888. The van der Waals surface area contributed by atoms with Crippen LogP contribution in [-0.4, -0.2) is 48.5 Å². The van der Waals surface area contributed by atoms with Gasteiger partial charge in [0.05, 0.1) is 25.0 Å². The number of hydrogen-bond acceptors (Lipinski definition) is 4. The molecule has 0 amide bonds. The molecule has 0 spiro atoms. The van der Waals surface area contributed by atoms with Crippen molar-refractivity contribution in [3.8, 4) is 5.75 Å². The quantitative estimate of drug-likeness (QED) is 0.866. The van der Waals surface area contributed by atoms with E-state index >= 15 is 0 Å². The Bertz CT molecular complexity index is 414. The van der Waals surface area contributed by atoms with Gasteiger partial charge in [-0.25, -0.2) is 0 Å². The van der Waals surface area contributed by atoms with Gasteiger partial charge in [0.2, 0.25) is 0 Å². The first-order chi connectivity index (χ1) is 9.60. The molecular formula is C15H28N4O. The fraction of sp³-hybridized carbons (Fsp3) is 0.800. The summed E-state index contributed by atoms with van der Waals surface area (Å²) in [5.41, 5.74) is 1.32. The van der Waals surface area contributed by atoms with Crippen molar-refractivity contribution < 1.29 is 4.74 Å². The van der Waals surface area contributed by atoms with Crippen LogP contribution in [0.4, 0.5) is 0 Å². The third-order valence-electron chi connectivity index (χ3n) is 4.82. The normalized spacial score (nSPS) is 19.5. The number of rotatable bonds is 6. The maximum absolute atomic E-state index is 5.55. The molecule has 0 aromatic carbocycles. The predicted molar refractivity (Wildman–Crippen MR) is 81.1 cm³/mol. The van der Waals surface area contributed by atoms with E-state index in [0.717, 1.165) is 12.3 Å². The van der Waals surface area contributed by atoms with Gasteiger partial charge in [0.1, 0.15) is 0 Å². The lowest BCUT2D eigenvalue weighted by molar-refractivity contribution is 0.103. The van der Waals surface area contributed by atoms with Crippen molar-refractivity contribution in [1.82, 2.24) is 20.0 Å². The number of ether oxygens (including phenoxy) is 1. The maximum Gasteiger partial charge on any atom is 0.161 e. The number of aromatic nitrogens is 2. The number of likely N-dealkylation sites (N-methyl/N-ethyl adjacent to an activating group) is 2. The first-order valence-electron chi connectivity index (χ1n) is 7.55. The average Bonchev–Trinajstić information content (AvgIpc) is 3.07. The summed E-state index contributed by atoms with van der Waals surface area (Å²) in [4.78, 5) is 2.38. The van der Waals surface area contributed by atoms with Gasteiger partial charge in [0.15, 0.2) is 5.75 Å². The Kier molecular flexibility index (Phi) is 4.70. The molecule has 0 aliphatic heterocycles. The van der Waals surface area contributed by atoms with Gasteiger partial charge in [-0.05, 0) is 40.9 Å². The molecule has 1 aromatic heterocycles. The Morgan fingerprint density at radius 2 is 2.10 bits per heavy atom. The first kappa shape index (κ1) is 15.3. The number of aryl methyl sites for hydroxylation is 1. The highest BCUT2D eigenvalue weighted by atomic mass is 16.5. The zero-order valence-electron chi connectivity index (χ0n) is 13.4. The van der Waals surface area contributed by atoms with E-state index in [9.17, 15) is 0 Å². The SMILES string of the molecule is CCn1ncc(OC)c1C(NC)C1(N(C)C)CCCC1. The summed E-state index contributed by atoms with van der Waals surface area (Å²) in [7, 11) is 8.15. The number of hydrogen-bond donors (Lipinski definition) is 1. The van der Waals surface area contributed by atoms with Crippen LogP contribution < -0.4 is 10.1 Å². The minimum absolute atomic E-state index is 0.148. The number of methoxy groups -OCH3 is 1. The van der Waals surface area contributed by atoms with E-state index < -0.39 is 0 Å². The van der Waals surface area contributed by atoms with E-state index in [2.05, 4.69) is 41.0 Å². The molecule has 1 fully saturated rings. The molecule has 1 atom stereocenters. The summed E-state index contributed by atoms with van der Waals surface area (Å²) in [6.45, 7) is 2.99. The standard InChI is InChI=1S/C15H28N4O/c1-6-19-13(12(20-5)11-17-19)14(16-2)15(18(3)4)9-7-8-10-15/h11,14,16H,6-10H2,1-5H3. The minimum atomic E-state index is 0.148. The van der Waals surface area contributed by atoms with E-state index in [1.807, 2.05) is 13.2 Å². The zero-order valence-corrected chi connectivity index (χ0v) is 13.4. The fourth-order valence-electron chi connectivity index (χ4n) is 3.72. The molecule has 1 N–H and O–H groups in total. The Morgan fingerprint density at radius 1 is 1.45 bits per heavy atom. The lowest BCUT2D eigenvalue weighted by atomic mass is 9.84. The van der Waals surface area contributed by atoms with Crippen molar-refractivity contribution >= 4 is 0 Å². The molecule has 20 heavy (non-hydrogen) atoms. The van der Waals surface area contributed by atoms with Gasteiger partial charge < -0.3 is 15.0 Å². The molecule has 1 unspecified atom stereocenters. The van der Waals surface area contributed by atoms with Crippen molar-refractivity contribution in [3.05, 3.63) is 11.9 Å². The molecule has 1 heterocycles. The zero-order chi connectivity index (χ0) is 14.8. The molecule has 1 aromatic rings. The summed E-state index contributed by atoms with van der Waals surface area (Å²) in [5, 5.41) is 8.00. The maximum atomic E-state index is 5.55. The second-order valence-corrected chi connectivity index (χ2v) is 5.84. The van der Waals surface area contributed by atoms with Crippen LogP contribution in [0.3, 0.4) is 0 Å². The second-order valence-electron chi connectivity index (χ2n) is 5.84. The van der Waals surface area contributed by atoms with Gasteiger partial charge in [0, 0.05) is 12.1 Å². The van der Waals surface area contributed by atoms with Gasteiger partial charge in [-0.15, -0.1) is 0 Å². The molecule has 114 valence electrons. The highest BCUT2D eigenvalue weighted by Gasteiger charge is 2.45. The van der Waals surface area contributed by atoms with Crippen LogP contribution in [0.5, 0.6) is 5.75 Å². The van der Waals surface area contributed by atoms with Crippen molar-refractivity contribution in [3.63, 3.8) is 0 Å². The van der Waals surface area contributed by atoms with Gasteiger partial charge in [-0.1, -0.05) is 12.8 Å². The molecule has 5 heteroatoms. The molecule has 0 bridgehead atoms. The van der Waals surface area contributed by atoms with Gasteiger partial charge >= 0.3 is 0 Å². The molecule has 1 saturated carbocycles. The topological polar surface area (TPSA) is 42.3 Å². The molecule has 0 radical (unpaired) electrons. The highest BCUT2D eigenvalue weighted by Crippen LogP contribution is 2.45. The van der Waals surface area contributed by atoms with Crippen molar-refractivity contribution in [2.45, 2.75) is 50.7 Å². The molecular weight excluding hydrogens is 252 g/mol. The molecule has 1 aliphatic carbocycles. The van der Waals surface area contributed by atoms with Crippen LogP contribution in [0.1, 0.15) is 44.3 Å². The second kappa shape index (κ2) is 6.14. The Labute approximate surface area is 122 Å². The third kappa shape index (κ3) is 2.33. The summed E-state index contributed by atoms with van der Waals surface area (Å²) in [6.07, 6.45) is 6.84. The largest absolute Gasteiger partial charge is 0.493 e. The number of nitrogens with zero attached hydrogens (tertiary/aromatic N) is 3. The molecule has 0 saturated heterocycles. The predicted octanol–water partition coefficient (Wildman–Crippen LogP) is 2.05.